The first kappa shape index (κ1) is 24.0. The fourth-order valence-corrected chi connectivity index (χ4v) is 3.84. The molecule has 180 valence electrons. The summed E-state index contributed by atoms with van der Waals surface area (Å²) < 4.78 is 16.9. The van der Waals surface area contributed by atoms with Crippen molar-refractivity contribution >= 4 is 22.5 Å². The summed E-state index contributed by atoms with van der Waals surface area (Å²) in [4.78, 5) is 19.1. The lowest BCUT2D eigenvalue weighted by molar-refractivity contribution is -0.115. The van der Waals surface area contributed by atoms with Crippen LogP contribution in [0.25, 0.3) is 10.9 Å². The number of anilines is 1. The van der Waals surface area contributed by atoms with Crippen LogP contribution < -0.4 is 19.5 Å². The molecule has 0 fully saturated rings. The van der Waals surface area contributed by atoms with Crippen LogP contribution in [-0.4, -0.2) is 44.1 Å². The van der Waals surface area contributed by atoms with Crippen molar-refractivity contribution in [2.24, 2.45) is 0 Å². The molecule has 0 saturated carbocycles. The number of hydrogen-bond acceptors (Lipinski definition) is 6. The molecule has 0 aliphatic carbocycles. The van der Waals surface area contributed by atoms with Crippen molar-refractivity contribution in [2.75, 3.05) is 33.6 Å². The van der Waals surface area contributed by atoms with Crippen molar-refractivity contribution in [1.82, 2.24) is 9.88 Å². The van der Waals surface area contributed by atoms with E-state index in [4.69, 9.17) is 14.2 Å². The van der Waals surface area contributed by atoms with E-state index in [2.05, 4.69) is 15.2 Å². The van der Waals surface area contributed by atoms with Gasteiger partial charge in [0, 0.05) is 29.9 Å². The lowest BCUT2D eigenvalue weighted by Crippen LogP contribution is -2.15. The van der Waals surface area contributed by atoms with Crippen LogP contribution >= 0.6 is 0 Å². The molecule has 0 spiro atoms. The van der Waals surface area contributed by atoms with Gasteiger partial charge in [0.15, 0.2) is 11.5 Å². The van der Waals surface area contributed by atoms with Gasteiger partial charge in [0.1, 0.15) is 11.5 Å². The lowest BCUT2D eigenvalue weighted by Gasteiger charge is -2.13. The normalized spacial score (nSPS) is 10.9. The highest BCUT2D eigenvalue weighted by Gasteiger charge is 2.12. The Morgan fingerprint density at radius 3 is 2.34 bits per heavy atom. The minimum Gasteiger partial charge on any atom is -0.493 e. The number of hydrogen-bond donors (Lipinski definition) is 1. The average molecular weight is 472 g/mol. The average Bonchev–Trinajstić information content (AvgIpc) is 2.84. The number of fused-ring (bicyclic) bond motifs is 1. The second-order valence-corrected chi connectivity index (χ2v) is 8.44. The van der Waals surface area contributed by atoms with Gasteiger partial charge in [-0.3, -0.25) is 9.78 Å². The first-order valence-corrected chi connectivity index (χ1v) is 11.3. The van der Waals surface area contributed by atoms with Crippen LogP contribution in [0.15, 0.2) is 72.9 Å². The zero-order chi connectivity index (χ0) is 24.8. The molecule has 1 amide bonds. The molecule has 1 heterocycles. The minimum atomic E-state index is -0.0677. The number of amides is 1. The summed E-state index contributed by atoms with van der Waals surface area (Å²) >= 11 is 0. The van der Waals surface area contributed by atoms with E-state index in [9.17, 15) is 4.79 Å². The molecule has 0 atom stereocenters. The molecule has 0 aliphatic heterocycles. The van der Waals surface area contributed by atoms with Gasteiger partial charge in [-0.2, -0.15) is 0 Å². The number of pyridine rings is 1. The zero-order valence-corrected chi connectivity index (χ0v) is 20.4. The molecule has 0 radical (unpaired) electrons. The van der Waals surface area contributed by atoms with Gasteiger partial charge in [-0.15, -0.1) is 0 Å². The topological polar surface area (TPSA) is 72.9 Å². The Morgan fingerprint density at radius 2 is 1.63 bits per heavy atom. The van der Waals surface area contributed by atoms with E-state index in [0.717, 1.165) is 34.3 Å². The third kappa shape index (κ3) is 6.07. The van der Waals surface area contributed by atoms with Gasteiger partial charge in [-0.05, 0) is 61.6 Å². The fourth-order valence-electron chi connectivity index (χ4n) is 3.84. The Kier molecular flexibility index (Phi) is 7.48. The molecule has 1 aromatic heterocycles. The number of benzene rings is 3. The summed E-state index contributed by atoms with van der Waals surface area (Å²) in [6.07, 6.45) is 1.96. The summed E-state index contributed by atoms with van der Waals surface area (Å²) in [5.41, 5.74) is 3.58. The summed E-state index contributed by atoms with van der Waals surface area (Å²) in [6, 6.07) is 20.9. The van der Waals surface area contributed by atoms with E-state index in [1.807, 2.05) is 74.8 Å². The first-order valence-electron chi connectivity index (χ1n) is 11.3. The molecule has 4 aromatic rings. The number of aromatic nitrogens is 1. The van der Waals surface area contributed by atoms with E-state index in [0.29, 0.717) is 23.0 Å². The molecule has 0 aliphatic rings. The highest BCUT2D eigenvalue weighted by molar-refractivity contribution is 5.92. The van der Waals surface area contributed by atoms with Crippen molar-refractivity contribution in [3.05, 3.63) is 84.1 Å². The van der Waals surface area contributed by atoms with Gasteiger partial charge >= 0.3 is 0 Å². The number of nitrogens with one attached hydrogen (secondary N) is 1. The predicted octanol–water partition coefficient (Wildman–Crippen LogP) is 5.29. The third-order valence-corrected chi connectivity index (χ3v) is 5.43. The standard InChI is InChI=1S/C28H29N3O4/c1-31(2)18-20-6-5-7-21(14-20)30-28(32)15-19-8-10-22(11-9-19)35-25-12-13-29-24-17-27(34-4)26(33-3)16-23(24)25/h5-14,16-17H,15,18H2,1-4H3,(H,30,32). The van der Waals surface area contributed by atoms with E-state index in [1.165, 1.54) is 0 Å². The number of carbonyl (C=O) groups excluding carboxylic acids is 1. The van der Waals surface area contributed by atoms with Crippen molar-refractivity contribution in [3.8, 4) is 23.0 Å². The van der Waals surface area contributed by atoms with Gasteiger partial charge in [0.25, 0.3) is 0 Å². The van der Waals surface area contributed by atoms with E-state index < -0.39 is 0 Å². The monoisotopic (exact) mass is 471 g/mol. The molecule has 7 nitrogen and oxygen atoms in total. The van der Waals surface area contributed by atoms with Crippen LogP contribution in [0.1, 0.15) is 11.1 Å². The summed E-state index contributed by atoms with van der Waals surface area (Å²) in [6.45, 7) is 0.818. The number of ether oxygens (including phenoxy) is 3. The highest BCUT2D eigenvalue weighted by Crippen LogP contribution is 2.36. The molecular formula is C28H29N3O4. The van der Waals surface area contributed by atoms with Gasteiger partial charge in [0.05, 0.1) is 26.2 Å². The number of nitrogens with zero attached hydrogens (tertiary/aromatic N) is 2. The lowest BCUT2D eigenvalue weighted by atomic mass is 10.1. The van der Waals surface area contributed by atoms with Crippen LogP contribution in [0.2, 0.25) is 0 Å². The first-order chi connectivity index (χ1) is 16.9. The molecule has 4 rings (SSSR count). The van der Waals surface area contributed by atoms with Crippen molar-refractivity contribution in [3.63, 3.8) is 0 Å². The Labute approximate surface area is 205 Å². The maximum absolute atomic E-state index is 12.6. The summed E-state index contributed by atoms with van der Waals surface area (Å²) in [5, 5.41) is 3.79. The molecule has 7 heteroatoms. The van der Waals surface area contributed by atoms with Crippen LogP contribution in [0, 0.1) is 0 Å². The molecule has 35 heavy (non-hydrogen) atoms. The second-order valence-electron chi connectivity index (χ2n) is 8.44. The van der Waals surface area contributed by atoms with Crippen LogP contribution in [0.3, 0.4) is 0 Å². The Hall–Kier alpha value is -4.10. The van der Waals surface area contributed by atoms with Crippen LogP contribution in [0.4, 0.5) is 5.69 Å². The highest BCUT2D eigenvalue weighted by atomic mass is 16.5. The van der Waals surface area contributed by atoms with Crippen LogP contribution in [-0.2, 0) is 17.8 Å². The van der Waals surface area contributed by atoms with E-state index >= 15 is 0 Å². The molecular weight excluding hydrogens is 442 g/mol. The third-order valence-electron chi connectivity index (χ3n) is 5.43. The van der Waals surface area contributed by atoms with Gasteiger partial charge in [0.2, 0.25) is 5.91 Å². The summed E-state index contributed by atoms with van der Waals surface area (Å²) in [5.74, 6) is 2.46. The number of rotatable bonds is 9. The van der Waals surface area contributed by atoms with Crippen molar-refractivity contribution < 1.29 is 19.0 Å². The van der Waals surface area contributed by atoms with Gasteiger partial charge in [-0.25, -0.2) is 0 Å². The maximum Gasteiger partial charge on any atom is 0.228 e. The Morgan fingerprint density at radius 1 is 0.886 bits per heavy atom. The molecule has 0 unspecified atom stereocenters. The molecule has 0 bridgehead atoms. The van der Waals surface area contributed by atoms with Crippen molar-refractivity contribution in [1.29, 1.82) is 0 Å². The maximum atomic E-state index is 12.6. The second kappa shape index (κ2) is 10.9. The van der Waals surface area contributed by atoms with E-state index in [-0.39, 0.29) is 12.3 Å². The predicted molar refractivity (Wildman–Crippen MR) is 138 cm³/mol. The Balaban J connectivity index is 1.43. The van der Waals surface area contributed by atoms with Gasteiger partial charge in [-0.1, -0.05) is 24.3 Å². The SMILES string of the molecule is COc1cc2nccc(Oc3ccc(CC(=O)Nc4cccc(CN(C)C)c4)cc3)c2cc1OC. The largest absolute Gasteiger partial charge is 0.493 e. The smallest absolute Gasteiger partial charge is 0.228 e. The van der Waals surface area contributed by atoms with Crippen LogP contribution in [0.5, 0.6) is 23.0 Å². The number of carbonyl (C=O) groups is 1. The fraction of sp³-hybridized carbons (Fsp3) is 0.214. The molecule has 0 saturated heterocycles. The quantitative estimate of drug-likeness (QED) is 0.358. The molecule has 1 N–H and O–H groups in total. The van der Waals surface area contributed by atoms with Crippen molar-refractivity contribution in [2.45, 2.75) is 13.0 Å². The summed E-state index contributed by atoms with van der Waals surface area (Å²) in [7, 11) is 7.22. The zero-order valence-electron chi connectivity index (χ0n) is 20.4. The molecule has 3 aromatic carbocycles. The van der Waals surface area contributed by atoms with Gasteiger partial charge < -0.3 is 24.4 Å². The minimum absolute atomic E-state index is 0.0677. The Bertz CT molecular complexity index is 1320. The number of methoxy groups -OCH3 is 2. The van der Waals surface area contributed by atoms with E-state index in [1.54, 1.807) is 26.5 Å².